The fourth-order valence-corrected chi connectivity index (χ4v) is 3.27. The van der Waals surface area contributed by atoms with Gasteiger partial charge in [-0.15, -0.1) is 24.0 Å². The lowest BCUT2D eigenvalue weighted by Gasteiger charge is -2.29. The Kier molecular flexibility index (Phi) is 7.24. The number of hydrogen-bond acceptors (Lipinski definition) is 2. The quantitative estimate of drug-likeness (QED) is 0.431. The van der Waals surface area contributed by atoms with Gasteiger partial charge in [-0.2, -0.15) is 0 Å². The number of halogens is 1. The molecule has 2 fully saturated rings. The van der Waals surface area contributed by atoms with Crippen LogP contribution in [0.2, 0.25) is 0 Å². The van der Waals surface area contributed by atoms with Gasteiger partial charge in [-0.25, -0.2) is 0 Å². The summed E-state index contributed by atoms with van der Waals surface area (Å²) in [6, 6.07) is 0.645. The number of likely N-dealkylation sites (N-methyl/N-ethyl adjacent to an activating group) is 1. The smallest absolute Gasteiger partial charge is 0.193 e. The second kappa shape index (κ2) is 7.99. The summed E-state index contributed by atoms with van der Waals surface area (Å²) in [6.07, 6.45) is 5.31. The van der Waals surface area contributed by atoms with E-state index in [1.807, 2.05) is 7.05 Å². The summed E-state index contributed by atoms with van der Waals surface area (Å²) < 4.78 is 0. The lowest BCUT2D eigenvalue weighted by atomic mass is 9.87. The van der Waals surface area contributed by atoms with Crippen molar-refractivity contribution in [3.63, 3.8) is 0 Å². The van der Waals surface area contributed by atoms with E-state index in [1.165, 1.54) is 25.7 Å². The Morgan fingerprint density at radius 2 is 2.10 bits per heavy atom. The molecule has 124 valence electrons. The van der Waals surface area contributed by atoms with Gasteiger partial charge in [0, 0.05) is 32.7 Å². The van der Waals surface area contributed by atoms with Crippen LogP contribution in [0, 0.1) is 11.3 Å². The van der Waals surface area contributed by atoms with Gasteiger partial charge in [0.05, 0.1) is 0 Å². The Hall–Kier alpha value is -0.0400. The zero-order chi connectivity index (χ0) is 14.8. The van der Waals surface area contributed by atoms with Crippen molar-refractivity contribution in [3.05, 3.63) is 0 Å². The molecule has 21 heavy (non-hydrogen) atoms. The number of aliphatic imine (C=N–C) groups is 1. The number of likely N-dealkylation sites (tertiary alicyclic amines) is 1. The molecule has 0 bridgehead atoms. The molecule has 1 heterocycles. The standard InChI is InChI=1S/C16H32N4.HI/c1-6-16(2)9-10-20(12-16)15(17-3)18-11-14(19(4)5)13-7-8-13;/h13-14H,6-12H2,1-5H3,(H,17,18);1H. The van der Waals surface area contributed by atoms with Crippen molar-refractivity contribution in [3.8, 4) is 0 Å². The highest BCUT2D eigenvalue weighted by atomic mass is 127. The van der Waals surface area contributed by atoms with Gasteiger partial charge in [0.25, 0.3) is 0 Å². The Labute approximate surface area is 147 Å². The summed E-state index contributed by atoms with van der Waals surface area (Å²) in [5, 5.41) is 3.61. The number of guanidine groups is 1. The lowest BCUT2D eigenvalue weighted by molar-refractivity contribution is 0.260. The molecule has 0 radical (unpaired) electrons. The largest absolute Gasteiger partial charge is 0.355 e. The number of hydrogen-bond donors (Lipinski definition) is 1. The topological polar surface area (TPSA) is 30.9 Å². The summed E-state index contributed by atoms with van der Waals surface area (Å²) in [4.78, 5) is 9.29. The van der Waals surface area contributed by atoms with E-state index in [2.05, 4.69) is 48.1 Å². The molecule has 0 amide bonds. The highest BCUT2D eigenvalue weighted by Gasteiger charge is 2.35. The molecule has 1 N–H and O–H groups in total. The van der Waals surface area contributed by atoms with Gasteiger partial charge in [-0.3, -0.25) is 4.99 Å². The van der Waals surface area contributed by atoms with Crippen LogP contribution >= 0.6 is 24.0 Å². The highest BCUT2D eigenvalue weighted by Crippen LogP contribution is 2.35. The second-order valence-electron chi connectivity index (χ2n) is 7.13. The number of nitrogens with zero attached hydrogens (tertiary/aromatic N) is 3. The monoisotopic (exact) mass is 408 g/mol. The van der Waals surface area contributed by atoms with Gasteiger partial charge in [0.1, 0.15) is 0 Å². The predicted molar refractivity (Wildman–Crippen MR) is 102 cm³/mol. The highest BCUT2D eigenvalue weighted by molar-refractivity contribution is 14.0. The van der Waals surface area contributed by atoms with Gasteiger partial charge in [0.2, 0.25) is 0 Å². The molecule has 5 heteroatoms. The molecule has 1 aliphatic heterocycles. The first-order valence-electron chi connectivity index (χ1n) is 8.11. The van der Waals surface area contributed by atoms with Crippen LogP contribution in [0.1, 0.15) is 39.5 Å². The van der Waals surface area contributed by atoms with E-state index in [0.717, 1.165) is 31.5 Å². The number of rotatable bonds is 5. The number of nitrogens with one attached hydrogen (secondary N) is 1. The van der Waals surface area contributed by atoms with Crippen LogP contribution < -0.4 is 5.32 Å². The van der Waals surface area contributed by atoms with Gasteiger partial charge in [-0.1, -0.05) is 13.8 Å². The van der Waals surface area contributed by atoms with E-state index in [-0.39, 0.29) is 24.0 Å². The minimum Gasteiger partial charge on any atom is -0.355 e. The summed E-state index contributed by atoms with van der Waals surface area (Å²) >= 11 is 0. The van der Waals surface area contributed by atoms with Gasteiger partial charge >= 0.3 is 0 Å². The third-order valence-corrected chi connectivity index (χ3v) is 5.22. The van der Waals surface area contributed by atoms with Crippen LogP contribution in [0.15, 0.2) is 4.99 Å². The molecule has 4 nitrogen and oxygen atoms in total. The molecule has 2 atom stereocenters. The Morgan fingerprint density at radius 3 is 2.52 bits per heavy atom. The maximum Gasteiger partial charge on any atom is 0.193 e. The van der Waals surface area contributed by atoms with E-state index in [4.69, 9.17) is 0 Å². The molecule has 0 aromatic carbocycles. The molecule has 2 rings (SSSR count). The van der Waals surface area contributed by atoms with Crippen molar-refractivity contribution in [1.82, 2.24) is 15.1 Å². The molecule has 0 aromatic rings. The Balaban J connectivity index is 0.00000220. The first-order chi connectivity index (χ1) is 9.49. The van der Waals surface area contributed by atoms with Crippen molar-refractivity contribution in [2.45, 2.75) is 45.6 Å². The summed E-state index contributed by atoms with van der Waals surface area (Å²) in [5.41, 5.74) is 0.467. The van der Waals surface area contributed by atoms with Crippen LogP contribution in [0.5, 0.6) is 0 Å². The van der Waals surface area contributed by atoms with E-state index < -0.39 is 0 Å². The van der Waals surface area contributed by atoms with E-state index in [9.17, 15) is 0 Å². The second-order valence-corrected chi connectivity index (χ2v) is 7.13. The van der Waals surface area contributed by atoms with Crippen molar-refractivity contribution >= 4 is 29.9 Å². The van der Waals surface area contributed by atoms with Crippen LogP contribution in [0.4, 0.5) is 0 Å². The van der Waals surface area contributed by atoms with Gasteiger partial charge < -0.3 is 15.1 Å². The minimum absolute atomic E-state index is 0. The van der Waals surface area contributed by atoms with E-state index in [0.29, 0.717) is 11.5 Å². The third kappa shape index (κ3) is 4.98. The molecule has 2 aliphatic rings. The third-order valence-electron chi connectivity index (χ3n) is 5.22. The molecule has 1 saturated carbocycles. The fourth-order valence-electron chi connectivity index (χ4n) is 3.27. The van der Waals surface area contributed by atoms with Crippen molar-refractivity contribution in [2.24, 2.45) is 16.3 Å². The van der Waals surface area contributed by atoms with Crippen LogP contribution in [-0.2, 0) is 0 Å². The van der Waals surface area contributed by atoms with Gasteiger partial charge in [0.15, 0.2) is 5.96 Å². The van der Waals surface area contributed by atoms with E-state index >= 15 is 0 Å². The zero-order valence-electron chi connectivity index (χ0n) is 14.4. The Morgan fingerprint density at radius 1 is 1.43 bits per heavy atom. The van der Waals surface area contributed by atoms with E-state index in [1.54, 1.807) is 0 Å². The van der Waals surface area contributed by atoms with Crippen molar-refractivity contribution in [2.75, 3.05) is 40.8 Å². The van der Waals surface area contributed by atoms with Crippen LogP contribution in [0.3, 0.4) is 0 Å². The summed E-state index contributed by atoms with van der Waals surface area (Å²) in [6.45, 7) is 7.99. The summed E-state index contributed by atoms with van der Waals surface area (Å²) in [7, 11) is 6.29. The fraction of sp³-hybridized carbons (Fsp3) is 0.938. The minimum atomic E-state index is 0. The Bertz CT molecular complexity index is 352. The van der Waals surface area contributed by atoms with Crippen LogP contribution in [-0.4, -0.2) is 62.6 Å². The zero-order valence-corrected chi connectivity index (χ0v) is 16.7. The summed E-state index contributed by atoms with van der Waals surface area (Å²) in [5.74, 6) is 1.98. The van der Waals surface area contributed by atoms with Gasteiger partial charge in [-0.05, 0) is 51.1 Å². The SMILES string of the molecule is CCC1(C)CCN(C(=NC)NCC(C2CC2)N(C)C)C1.I. The average Bonchev–Trinajstić information content (AvgIpc) is 3.17. The van der Waals surface area contributed by atoms with Crippen molar-refractivity contribution in [1.29, 1.82) is 0 Å². The average molecular weight is 408 g/mol. The lowest BCUT2D eigenvalue weighted by Crippen LogP contribution is -2.47. The molecule has 0 spiro atoms. The predicted octanol–water partition coefficient (Wildman–Crippen LogP) is 2.64. The molecule has 2 unspecified atom stereocenters. The normalized spacial score (nSPS) is 27.7. The first kappa shape index (κ1) is 19.0. The first-order valence-corrected chi connectivity index (χ1v) is 8.11. The van der Waals surface area contributed by atoms with Crippen LogP contribution in [0.25, 0.3) is 0 Å². The van der Waals surface area contributed by atoms with Crippen molar-refractivity contribution < 1.29 is 0 Å². The maximum atomic E-state index is 4.49. The molecule has 0 aromatic heterocycles. The molecular weight excluding hydrogens is 375 g/mol. The maximum absolute atomic E-state index is 4.49. The molecular formula is C16H33IN4. The molecule has 1 saturated heterocycles. The molecule has 1 aliphatic carbocycles.